The van der Waals surface area contributed by atoms with Gasteiger partial charge in [0.25, 0.3) is 5.91 Å². The van der Waals surface area contributed by atoms with E-state index in [4.69, 9.17) is 19.0 Å². The number of hydrogen-bond acceptors (Lipinski definition) is 6. The second kappa shape index (κ2) is 8.64. The van der Waals surface area contributed by atoms with E-state index >= 15 is 0 Å². The largest absolute Gasteiger partial charge is 0.484 e. The summed E-state index contributed by atoms with van der Waals surface area (Å²) in [6.07, 6.45) is 0. The molecule has 0 aliphatic rings. The summed E-state index contributed by atoms with van der Waals surface area (Å²) in [5, 5.41) is 11.2. The summed E-state index contributed by atoms with van der Waals surface area (Å²) in [6.45, 7) is 2.42. The predicted octanol–water partition coefficient (Wildman–Crippen LogP) is 3.00. The van der Waals surface area contributed by atoms with Crippen LogP contribution in [0.25, 0.3) is 11.0 Å². The molecule has 1 atom stereocenters. The molecule has 0 spiro atoms. The maximum absolute atomic E-state index is 13.8. The van der Waals surface area contributed by atoms with Crippen LogP contribution in [0.4, 0.5) is 4.39 Å². The SMILES string of the molecule is Cc1oc2cc(OCC(=O)N[C@H](C)C(=O)O)ccc2c(=O)c1Oc1ccccc1F. The fourth-order valence-corrected chi connectivity index (χ4v) is 2.61. The van der Waals surface area contributed by atoms with E-state index in [2.05, 4.69) is 5.32 Å². The molecule has 30 heavy (non-hydrogen) atoms. The summed E-state index contributed by atoms with van der Waals surface area (Å²) in [5.41, 5.74) is -0.299. The number of halogens is 1. The highest BCUT2D eigenvalue weighted by Crippen LogP contribution is 2.28. The van der Waals surface area contributed by atoms with Crippen LogP contribution < -0.4 is 20.2 Å². The van der Waals surface area contributed by atoms with Gasteiger partial charge >= 0.3 is 5.97 Å². The van der Waals surface area contributed by atoms with Gasteiger partial charge < -0.3 is 24.3 Å². The highest BCUT2D eigenvalue weighted by Gasteiger charge is 2.17. The monoisotopic (exact) mass is 415 g/mol. The van der Waals surface area contributed by atoms with Crippen LogP contribution in [0.15, 0.2) is 51.7 Å². The third-order valence-corrected chi connectivity index (χ3v) is 4.15. The molecule has 156 valence electrons. The Kier molecular flexibility index (Phi) is 6.01. The molecular formula is C21H18FNO7. The molecule has 9 heteroatoms. The maximum atomic E-state index is 13.8. The van der Waals surface area contributed by atoms with Crippen LogP contribution in [-0.4, -0.2) is 29.6 Å². The van der Waals surface area contributed by atoms with Crippen LogP contribution in [0.3, 0.4) is 0 Å². The fourth-order valence-electron chi connectivity index (χ4n) is 2.61. The molecule has 1 aromatic heterocycles. The van der Waals surface area contributed by atoms with E-state index in [0.29, 0.717) is 0 Å². The van der Waals surface area contributed by atoms with Gasteiger partial charge in [0.05, 0.1) is 5.39 Å². The minimum absolute atomic E-state index is 0.103. The van der Waals surface area contributed by atoms with Crippen LogP contribution in [0.5, 0.6) is 17.2 Å². The summed E-state index contributed by atoms with van der Waals surface area (Å²) in [7, 11) is 0. The first-order valence-electron chi connectivity index (χ1n) is 8.91. The highest BCUT2D eigenvalue weighted by atomic mass is 19.1. The van der Waals surface area contributed by atoms with Crippen molar-refractivity contribution in [1.29, 1.82) is 0 Å². The second-order valence-corrected chi connectivity index (χ2v) is 6.42. The second-order valence-electron chi connectivity index (χ2n) is 6.42. The lowest BCUT2D eigenvalue weighted by molar-refractivity contribution is -0.141. The molecule has 1 amide bonds. The van der Waals surface area contributed by atoms with Gasteiger partial charge in [-0.05, 0) is 38.1 Å². The number of carbonyl (C=O) groups is 2. The number of para-hydroxylation sites is 1. The number of hydrogen-bond donors (Lipinski definition) is 2. The Balaban J connectivity index is 1.81. The maximum Gasteiger partial charge on any atom is 0.325 e. The minimum atomic E-state index is -1.17. The number of amides is 1. The molecule has 0 saturated carbocycles. The molecule has 0 aliphatic carbocycles. The molecule has 2 aromatic carbocycles. The number of rotatable bonds is 7. The molecule has 0 aliphatic heterocycles. The average molecular weight is 415 g/mol. The number of benzene rings is 2. The summed E-state index contributed by atoms with van der Waals surface area (Å²) in [6, 6.07) is 8.94. The Labute approximate surface area is 169 Å². The van der Waals surface area contributed by atoms with Gasteiger partial charge in [0.15, 0.2) is 18.2 Å². The third-order valence-electron chi connectivity index (χ3n) is 4.15. The van der Waals surface area contributed by atoms with E-state index in [1.54, 1.807) is 6.07 Å². The summed E-state index contributed by atoms with van der Waals surface area (Å²) >= 11 is 0. The van der Waals surface area contributed by atoms with E-state index in [1.807, 2.05) is 0 Å². The Morgan fingerprint density at radius 1 is 1.23 bits per heavy atom. The van der Waals surface area contributed by atoms with Gasteiger partial charge in [-0.15, -0.1) is 0 Å². The molecule has 2 N–H and O–H groups in total. The van der Waals surface area contributed by atoms with E-state index in [0.717, 1.165) is 0 Å². The number of carbonyl (C=O) groups excluding carboxylic acids is 1. The summed E-state index contributed by atoms with van der Waals surface area (Å²) in [4.78, 5) is 35.2. The molecule has 3 rings (SSSR count). The molecule has 0 saturated heterocycles. The normalized spacial score (nSPS) is 11.7. The highest BCUT2D eigenvalue weighted by molar-refractivity contribution is 5.84. The summed E-state index contributed by atoms with van der Waals surface area (Å²) < 4.78 is 30.2. The molecule has 0 bridgehead atoms. The van der Waals surface area contributed by atoms with Crippen LogP contribution in [0.1, 0.15) is 12.7 Å². The molecular weight excluding hydrogens is 397 g/mol. The van der Waals surface area contributed by atoms with Crippen LogP contribution in [0.2, 0.25) is 0 Å². The van der Waals surface area contributed by atoms with Gasteiger partial charge in [0.1, 0.15) is 23.1 Å². The van der Waals surface area contributed by atoms with Crippen molar-refractivity contribution in [2.24, 2.45) is 0 Å². The molecule has 0 fully saturated rings. The van der Waals surface area contributed by atoms with Gasteiger partial charge in [-0.25, -0.2) is 4.39 Å². The molecule has 0 unspecified atom stereocenters. The lowest BCUT2D eigenvalue weighted by Crippen LogP contribution is -2.40. The standard InChI is InChI=1S/C21H18FNO7/c1-11(21(26)27)23-18(24)10-28-13-7-8-14-17(9-13)29-12(2)20(19(14)25)30-16-6-4-3-5-15(16)22/h3-9,11H,10H2,1-2H3,(H,23,24)(H,26,27)/t11-/m1/s1. The predicted molar refractivity (Wildman–Crippen MR) is 104 cm³/mol. The fraction of sp³-hybridized carbons (Fsp3) is 0.190. The number of carboxylic acids is 1. The Bertz CT molecular complexity index is 1170. The van der Waals surface area contributed by atoms with Gasteiger partial charge in [0, 0.05) is 6.07 Å². The molecule has 0 radical (unpaired) electrons. The summed E-state index contributed by atoms with van der Waals surface area (Å²) in [5.74, 6) is -2.25. The first-order chi connectivity index (χ1) is 14.3. The number of carboxylic acid groups (broad SMARTS) is 1. The van der Waals surface area contributed by atoms with Crippen LogP contribution in [0, 0.1) is 12.7 Å². The van der Waals surface area contributed by atoms with Crippen molar-refractivity contribution in [3.05, 3.63) is 64.3 Å². The first kappa shape index (κ1) is 20.8. The van der Waals surface area contributed by atoms with Crippen molar-refractivity contribution in [3.63, 3.8) is 0 Å². The van der Waals surface area contributed by atoms with Crippen molar-refractivity contribution >= 4 is 22.8 Å². The first-order valence-corrected chi connectivity index (χ1v) is 8.91. The number of ether oxygens (including phenoxy) is 2. The number of fused-ring (bicyclic) bond motifs is 1. The van der Waals surface area contributed by atoms with Crippen LogP contribution >= 0.6 is 0 Å². The minimum Gasteiger partial charge on any atom is -0.484 e. The smallest absolute Gasteiger partial charge is 0.325 e. The van der Waals surface area contributed by atoms with Crippen molar-refractivity contribution in [3.8, 4) is 17.2 Å². The van der Waals surface area contributed by atoms with Crippen LogP contribution in [-0.2, 0) is 9.59 Å². The Morgan fingerprint density at radius 3 is 2.67 bits per heavy atom. The van der Waals surface area contributed by atoms with E-state index in [-0.39, 0.29) is 34.0 Å². The van der Waals surface area contributed by atoms with Crippen molar-refractivity contribution < 1.29 is 33.0 Å². The number of nitrogens with one attached hydrogen (secondary N) is 1. The molecule has 8 nitrogen and oxygen atoms in total. The zero-order valence-electron chi connectivity index (χ0n) is 16.1. The third kappa shape index (κ3) is 4.57. The van der Waals surface area contributed by atoms with Gasteiger partial charge in [-0.2, -0.15) is 0 Å². The number of aryl methyl sites for hydroxylation is 1. The molecule has 3 aromatic rings. The topological polar surface area (TPSA) is 115 Å². The van der Waals surface area contributed by atoms with Gasteiger partial charge in [0.2, 0.25) is 11.2 Å². The van der Waals surface area contributed by atoms with E-state index in [9.17, 15) is 18.8 Å². The van der Waals surface area contributed by atoms with E-state index in [1.165, 1.54) is 50.2 Å². The van der Waals surface area contributed by atoms with E-state index < -0.39 is 35.8 Å². The Hall–Kier alpha value is -3.88. The van der Waals surface area contributed by atoms with Crippen molar-refractivity contribution in [2.45, 2.75) is 19.9 Å². The Morgan fingerprint density at radius 2 is 1.97 bits per heavy atom. The lowest BCUT2D eigenvalue weighted by Gasteiger charge is -2.12. The van der Waals surface area contributed by atoms with Gasteiger partial charge in [-0.3, -0.25) is 14.4 Å². The molecule has 1 heterocycles. The zero-order chi connectivity index (χ0) is 21.8. The average Bonchev–Trinajstić information content (AvgIpc) is 2.70. The quantitative estimate of drug-likeness (QED) is 0.609. The van der Waals surface area contributed by atoms with Crippen molar-refractivity contribution in [2.75, 3.05) is 6.61 Å². The lowest BCUT2D eigenvalue weighted by atomic mass is 10.2. The van der Waals surface area contributed by atoms with Gasteiger partial charge in [-0.1, -0.05) is 12.1 Å². The van der Waals surface area contributed by atoms with Crippen molar-refractivity contribution in [1.82, 2.24) is 5.32 Å². The number of aliphatic carboxylic acids is 1. The zero-order valence-corrected chi connectivity index (χ0v) is 16.1.